The Hall–Kier alpha value is -1.66. The molecule has 1 aromatic carbocycles. The molecule has 0 saturated heterocycles. The van der Waals surface area contributed by atoms with E-state index >= 15 is 0 Å². The monoisotopic (exact) mass is 322 g/mol. The SMILES string of the molecule is CNC(C)c1ccc(-n2cc(C(N)=O)cn2)cc1Br. The summed E-state index contributed by atoms with van der Waals surface area (Å²) in [6.45, 7) is 2.08. The number of primary amides is 1. The minimum Gasteiger partial charge on any atom is -0.366 e. The molecule has 0 aliphatic rings. The number of amides is 1. The summed E-state index contributed by atoms with van der Waals surface area (Å²) in [5, 5.41) is 7.31. The molecule has 1 aromatic heterocycles. The first-order valence-corrected chi connectivity index (χ1v) is 6.63. The van der Waals surface area contributed by atoms with Crippen LogP contribution in [0, 0.1) is 0 Å². The normalized spacial score (nSPS) is 12.4. The van der Waals surface area contributed by atoms with E-state index in [1.807, 2.05) is 25.2 Å². The van der Waals surface area contributed by atoms with Crippen LogP contribution in [0.15, 0.2) is 35.1 Å². The third kappa shape index (κ3) is 2.85. The van der Waals surface area contributed by atoms with Crippen LogP contribution in [-0.2, 0) is 0 Å². The summed E-state index contributed by atoms with van der Waals surface area (Å²) in [7, 11) is 1.91. The Labute approximate surface area is 119 Å². The Kier molecular flexibility index (Phi) is 4.01. The van der Waals surface area contributed by atoms with Gasteiger partial charge in [0.2, 0.25) is 0 Å². The molecule has 1 heterocycles. The van der Waals surface area contributed by atoms with E-state index in [2.05, 4.69) is 33.3 Å². The molecule has 1 unspecified atom stereocenters. The third-order valence-corrected chi connectivity index (χ3v) is 3.70. The second kappa shape index (κ2) is 5.54. The maximum atomic E-state index is 11.0. The minimum absolute atomic E-state index is 0.252. The van der Waals surface area contributed by atoms with E-state index in [1.165, 1.54) is 6.20 Å². The summed E-state index contributed by atoms with van der Waals surface area (Å²) in [5.74, 6) is -0.481. The first-order chi connectivity index (χ1) is 9.02. The molecule has 100 valence electrons. The number of benzene rings is 1. The highest BCUT2D eigenvalue weighted by molar-refractivity contribution is 9.10. The van der Waals surface area contributed by atoms with E-state index < -0.39 is 5.91 Å². The van der Waals surface area contributed by atoms with Gasteiger partial charge in [0.25, 0.3) is 5.91 Å². The number of carbonyl (C=O) groups excluding carboxylic acids is 1. The first kappa shape index (κ1) is 13.8. The van der Waals surface area contributed by atoms with Crippen molar-refractivity contribution in [3.05, 3.63) is 46.2 Å². The number of rotatable bonds is 4. The molecule has 2 rings (SSSR count). The number of hydrogen-bond acceptors (Lipinski definition) is 3. The number of nitrogens with one attached hydrogen (secondary N) is 1. The molecule has 0 radical (unpaired) electrons. The highest BCUT2D eigenvalue weighted by atomic mass is 79.9. The molecule has 5 nitrogen and oxygen atoms in total. The smallest absolute Gasteiger partial charge is 0.251 e. The summed E-state index contributed by atoms with van der Waals surface area (Å²) in [6.07, 6.45) is 3.08. The standard InChI is InChI=1S/C13H15BrN4O/c1-8(16-2)11-4-3-10(5-12(11)14)18-7-9(6-17-18)13(15)19/h3-8,16H,1-2H3,(H2,15,19). The molecule has 2 aromatic rings. The average molecular weight is 323 g/mol. The van der Waals surface area contributed by atoms with Crippen molar-refractivity contribution in [1.82, 2.24) is 15.1 Å². The van der Waals surface area contributed by atoms with Gasteiger partial charge in [-0.05, 0) is 31.7 Å². The number of nitrogens with two attached hydrogens (primary N) is 1. The Bertz CT molecular complexity index is 608. The van der Waals surface area contributed by atoms with Crippen LogP contribution in [0.1, 0.15) is 28.9 Å². The van der Waals surface area contributed by atoms with Gasteiger partial charge in [-0.3, -0.25) is 4.79 Å². The van der Waals surface area contributed by atoms with Gasteiger partial charge in [-0.15, -0.1) is 0 Å². The van der Waals surface area contributed by atoms with Gasteiger partial charge in [0.05, 0.1) is 17.4 Å². The van der Waals surface area contributed by atoms with Gasteiger partial charge in [-0.1, -0.05) is 22.0 Å². The van der Waals surface area contributed by atoms with E-state index in [9.17, 15) is 4.79 Å². The van der Waals surface area contributed by atoms with Crippen LogP contribution in [0.2, 0.25) is 0 Å². The molecule has 19 heavy (non-hydrogen) atoms. The highest BCUT2D eigenvalue weighted by Gasteiger charge is 2.10. The Morgan fingerprint density at radius 3 is 2.79 bits per heavy atom. The van der Waals surface area contributed by atoms with Crippen LogP contribution in [0.3, 0.4) is 0 Å². The van der Waals surface area contributed by atoms with Crippen molar-refractivity contribution in [2.45, 2.75) is 13.0 Å². The fourth-order valence-electron chi connectivity index (χ4n) is 1.76. The zero-order chi connectivity index (χ0) is 14.0. The van der Waals surface area contributed by atoms with E-state index in [1.54, 1.807) is 10.9 Å². The quantitative estimate of drug-likeness (QED) is 0.904. The number of hydrogen-bond donors (Lipinski definition) is 2. The Balaban J connectivity index is 2.35. The van der Waals surface area contributed by atoms with Gasteiger partial charge in [-0.25, -0.2) is 4.68 Å². The fourth-order valence-corrected chi connectivity index (χ4v) is 2.47. The van der Waals surface area contributed by atoms with Crippen molar-refractivity contribution in [3.8, 4) is 5.69 Å². The lowest BCUT2D eigenvalue weighted by Gasteiger charge is -2.13. The fraction of sp³-hybridized carbons (Fsp3) is 0.231. The molecule has 0 fully saturated rings. The van der Waals surface area contributed by atoms with Gasteiger partial charge in [0, 0.05) is 16.7 Å². The molecule has 0 aliphatic carbocycles. The lowest BCUT2D eigenvalue weighted by molar-refractivity contribution is 0.100. The number of carbonyl (C=O) groups is 1. The summed E-state index contributed by atoms with van der Waals surface area (Å²) < 4.78 is 2.61. The van der Waals surface area contributed by atoms with Crippen LogP contribution >= 0.6 is 15.9 Å². The van der Waals surface area contributed by atoms with E-state index in [0.717, 1.165) is 15.7 Å². The second-order valence-corrected chi connectivity index (χ2v) is 5.11. The highest BCUT2D eigenvalue weighted by Crippen LogP contribution is 2.25. The summed E-state index contributed by atoms with van der Waals surface area (Å²) in [4.78, 5) is 11.0. The lowest BCUT2D eigenvalue weighted by atomic mass is 10.1. The van der Waals surface area contributed by atoms with Crippen molar-refractivity contribution < 1.29 is 4.79 Å². The Morgan fingerprint density at radius 1 is 1.53 bits per heavy atom. The Morgan fingerprint density at radius 2 is 2.26 bits per heavy atom. The molecule has 0 spiro atoms. The maximum Gasteiger partial charge on any atom is 0.251 e. The largest absolute Gasteiger partial charge is 0.366 e. The molecule has 0 aliphatic heterocycles. The van der Waals surface area contributed by atoms with Crippen LogP contribution in [-0.4, -0.2) is 22.7 Å². The molecule has 0 saturated carbocycles. The molecule has 1 amide bonds. The predicted molar refractivity (Wildman–Crippen MR) is 77.3 cm³/mol. The zero-order valence-electron chi connectivity index (χ0n) is 10.7. The molecule has 1 atom stereocenters. The first-order valence-electron chi connectivity index (χ1n) is 5.84. The number of halogens is 1. The molecule has 3 N–H and O–H groups in total. The van der Waals surface area contributed by atoms with Gasteiger partial charge in [0.15, 0.2) is 0 Å². The van der Waals surface area contributed by atoms with Gasteiger partial charge >= 0.3 is 0 Å². The predicted octanol–water partition coefficient (Wildman–Crippen LogP) is 2.01. The van der Waals surface area contributed by atoms with Gasteiger partial charge in [-0.2, -0.15) is 5.10 Å². The van der Waals surface area contributed by atoms with Crippen molar-refractivity contribution in [3.63, 3.8) is 0 Å². The number of aromatic nitrogens is 2. The molecular weight excluding hydrogens is 308 g/mol. The third-order valence-electron chi connectivity index (χ3n) is 3.02. The van der Waals surface area contributed by atoms with Gasteiger partial charge in [0.1, 0.15) is 0 Å². The van der Waals surface area contributed by atoms with Crippen LogP contribution in [0.5, 0.6) is 0 Å². The summed E-state index contributed by atoms with van der Waals surface area (Å²) in [6, 6.07) is 6.18. The van der Waals surface area contributed by atoms with Crippen molar-refractivity contribution in [1.29, 1.82) is 0 Å². The van der Waals surface area contributed by atoms with Crippen molar-refractivity contribution in [2.24, 2.45) is 5.73 Å². The van der Waals surface area contributed by atoms with Crippen molar-refractivity contribution >= 4 is 21.8 Å². The molecular formula is C13H15BrN4O. The average Bonchev–Trinajstić information content (AvgIpc) is 2.87. The van der Waals surface area contributed by atoms with E-state index in [-0.39, 0.29) is 6.04 Å². The van der Waals surface area contributed by atoms with Crippen molar-refractivity contribution in [2.75, 3.05) is 7.05 Å². The zero-order valence-corrected chi connectivity index (χ0v) is 12.3. The summed E-state index contributed by atoms with van der Waals surface area (Å²) in [5.41, 5.74) is 7.63. The lowest BCUT2D eigenvalue weighted by Crippen LogP contribution is -2.13. The molecule has 6 heteroatoms. The number of nitrogens with zero attached hydrogens (tertiary/aromatic N) is 2. The van der Waals surface area contributed by atoms with Crippen LogP contribution < -0.4 is 11.1 Å². The molecule has 0 bridgehead atoms. The second-order valence-electron chi connectivity index (χ2n) is 4.25. The maximum absolute atomic E-state index is 11.0. The summed E-state index contributed by atoms with van der Waals surface area (Å²) >= 11 is 3.55. The van der Waals surface area contributed by atoms with E-state index in [0.29, 0.717) is 5.56 Å². The minimum atomic E-state index is -0.481. The van der Waals surface area contributed by atoms with Crippen LogP contribution in [0.4, 0.5) is 0 Å². The topological polar surface area (TPSA) is 72.9 Å². The van der Waals surface area contributed by atoms with E-state index in [4.69, 9.17) is 5.73 Å². The van der Waals surface area contributed by atoms with Crippen LogP contribution in [0.25, 0.3) is 5.69 Å². The van der Waals surface area contributed by atoms with Gasteiger partial charge < -0.3 is 11.1 Å².